The molecule has 0 atom stereocenters. The van der Waals surface area contributed by atoms with E-state index in [9.17, 15) is 9.59 Å². The van der Waals surface area contributed by atoms with Crippen molar-refractivity contribution in [3.63, 3.8) is 0 Å². The summed E-state index contributed by atoms with van der Waals surface area (Å²) in [6.45, 7) is 0. The fourth-order valence-electron chi connectivity index (χ4n) is 1.32. The highest BCUT2D eigenvalue weighted by molar-refractivity contribution is 5.56. The van der Waals surface area contributed by atoms with Crippen LogP contribution in [0, 0.1) is 0 Å². The number of rotatable bonds is 2. The lowest BCUT2D eigenvalue weighted by atomic mass is 10.3. The van der Waals surface area contributed by atoms with E-state index < -0.39 is 11.2 Å². The zero-order chi connectivity index (χ0) is 12.4. The standard InChI is InChI=1S/C11H11N3O3/c1-14-10(16)6-9(13-11(14)17)12-7-2-4-8(15)5-3-7/h2-6,12,15H,1H3,(H,13,17). The molecule has 88 valence electrons. The van der Waals surface area contributed by atoms with Crippen molar-refractivity contribution in [3.8, 4) is 5.75 Å². The number of aromatic hydroxyl groups is 1. The molecule has 0 fully saturated rings. The summed E-state index contributed by atoms with van der Waals surface area (Å²) >= 11 is 0. The van der Waals surface area contributed by atoms with Gasteiger partial charge < -0.3 is 10.4 Å². The van der Waals surface area contributed by atoms with Crippen LogP contribution in [0.3, 0.4) is 0 Å². The molecule has 0 spiro atoms. The van der Waals surface area contributed by atoms with Crippen molar-refractivity contribution in [1.29, 1.82) is 0 Å². The molecule has 6 heteroatoms. The Morgan fingerprint density at radius 2 is 1.88 bits per heavy atom. The number of aromatic amines is 1. The number of phenolic OH excluding ortho intramolecular Hbond substituents is 1. The van der Waals surface area contributed by atoms with Crippen LogP contribution in [0.25, 0.3) is 0 Å². The van der Waals surface area contributed by atoms with Crippen LogP contribution < -0.4 is 16.6 Å². The average Bonchev–Trinajstić information content (AvgIpc) is 2.29. The summed E-state index contributed by atoms with van der Waals surface area (Å²) in [4.78, 5) is 25.2. The first-order valence-corrected chi connectivity index (χ1v) is 4.92. The smallest absolute Gasteiger partial charge is 0.329 e. The Bertz CT molecular complexity index is 609. The maximum atomic E-state index is 11.4. The minimum atomic E-state index is -0.487. The summed E-state index contributed by atoms with van der Waals surface area (Å²) in [6, 6.07) is 7.55. The van der Waals surface area contributed by atoms with Crippen LogP contribution in [0.4, 0.5) is 11.5 Å². The number of anilines is 2. The Morgan fingerprint density at radius 3 is 2.47 bits per heavy atom. The Labute approximate surface area is 96.2 Å². The maximum Gasteiger partial charge on any atom is 0.329 e. The largest absolute Gasteiger partial charge is 0.508 e. The van der Waals surface area contributed by atoms with E-state index in [0.29, 0.717) is 11.5 Å². The van der Waals surface area contributed by atoms with Crippen LogP contribution in [-0.2, 0) is 7.05 Å². The van der Waals surface area contributed by atoms with E-state index in [1.807, 2.05) is 0 Å². The highest BCUT2D eigenvalue weighted by Crippen LogP contribution is 2.16. The zero-order valence-corrected chi connectivity index (χ0v) is 9.10. The number of phenols is 1. The van der Waals surface area contributed by atoms with Crippen LogP contribution in [0.5, 0.6) is 5.75 Å². The predicted octanol–water partition coefficient (Wildman–Crippen LogP) is 0.523. The van der Waals surface area contributed by atoms with Gasteiger partial charge in [-0.1, -0.05) is 0 Å². The maximum absolute atomic E-state index is 11.4. The van der Waals surface area contributed by atoms with Gasteiger partial charge in [0.05, 0.1) is 0 Å². The van der Waals surface area contributed by atoms with Gasteiger partial charge in [-0.3, -0.25) is 14.3 Å². The average molecular weight is 233 g/mol. The van der Waals surface area contributed by atoms with E-state index >= 15 is 0 Å². The summed E-state index contributed by atoms with van der Waals surface area (Å²) in [5, 5.41) is 12.0. The molecular formula is C11H11N3O3. The molecule has 0 aliphatic rings. The first kappa shape index (κ1) is 11.0. The fourth-order valence-corrected chi connectivity index (χ4v) is 1.32. The van der Waals surface area contributed by atoms with Gasteiger partial charge in [-0.15, -0.1) is 0 Å². The van der Waals surface area contributed by atoms with Gasteiger partial charge in [0, 0.05) is 18.8 Å². The number of aromatic nitrogens is 2. The number of hydrogen-bond acceptors (Lipinski definition) is 4. The first-order chi connectivity index (χ1) is 8.06. The minimum absolute atomic E-state index is 0.146. The van der Waals surface area contributed by atoms with Gasteiger partial charge >= 0.3 is 5.69 Å². The SMILES string of the molecule is Cn1c(=O)cc(Nc2ccc(O)cc2)[nH]c1=O. The predicted molar refractivity (Wildman–Crippen MR) is 63.7 cm³/mol. The minimum Gasteiger partial charge on any atom is -0.508 e. The number of nitrogens with zero attached hydrogens (tertiary/aromatic N) is 1. The second-order valence-electron chi connectivity index (χ2n) is 3.56. The highest BCUT2D eigenvalue weighted by atomic mass is 16.3. The molecule has 3 N–H and O–H groups in total. The van der Waals surface area contributed by atoms with E-state index in [1.54, 1.807) is 12.1 Å². The summed E-state index contributed by atoms with van der Waals surface area (Å²) in [5.74, 6) is 0.455. The molecule has 0 saturated carbocycles. The molecule has 0 amide bonds. The third-order valence-corrected chi connectivity index (χ3v) is 2.29. The van der Waals surface area contributed by atoms with Crippen LogP contribution in [-0.4, -0.2) is 14.7 Å². The summed E-state index contributed by atoms with van der Waals surface area (Å²) in [7, 11) is 1.39. The quantitative estimate of drug-likeness (QED) is 0.660. The Balaban J connectivity index is 2.34. The van der Waals surface area contributed by atoms with Gasteiger partial charge in [0.25, 0.3) is 5.56 Å². The number of H-pyrrole nitrogens is 1. The second kappa shape index (κ2) is 4.17. The molecule has 0 unspecified atom stereocenters. The van der Waals surface area contributed by atoms with Gasteiger partial charge in [0.1, 0.15) is 11.6 Å². The van der Waals surface area contributed by atoms with Gasteiger partial charge in [-0.2, -0.15) is 0 Å². The zero-order valence-electron chi connectivity index (χ0n) is 9.10. The monoisotopic (exact) mass is 233 g/mol. The third kappa shape index (κ3) is 2.36. The lowest BCUT2D eigenvalue weighted by Gasteiger charge is -2.06. The van der Waals surface area contributed by atoms with Crippen molar-refractivity contribution in [3.05, 3.63) is 51.2 Å². The number of benzene rings is 1. The first-order valence-electron chi connectivity index (χ1n) is 4.92. The molecule has 0 saturated heterocycles. The van der Waals surface area contributed by atoms with Crippen molar-refractivity contribution in [2.75, 3.05) is 5.32 Å². The van der Waals surface area contributed by atoms with Crippen molar-refractivity contribution in [2.45, 2.75) is 0 Å². The Hall–Kier alpha value is -2.50. The molecule has 1 heterocycles. The third-order valence-electron chi connectivity index (χ3n) is 2.29. The molecule has 0 bridgehead atoms. The van der Waals surface area contributed by atoms with Crippen LogP contribution in [0.1, 0.15) is 0 Å². The molecule has 0 aliphatic carbocycles. The summed E-state index contributed by atoms with van der Waals surface area (Å²) in [5.41, 5.74) is -0.222. The van der Waals surface area contributed by atoms with E-state index in [2.05, 4.69) is 10.3 Å². The summed E-state index contributed by atoms with van der Waals surface area (Å²) in [6.07, 6.45) is 0. The van der Waals surface area contributed by atoms with E-state index in [4.69, 9.17) is 5.11 Å². The number of hydrogen-bond donors (Lipinski definition) is 3. The van der Waals surface area contributed by atoms with Gasteiger partial charge in [0.15, 0.2) is 0 Å². The lowest BCUT2D eigenvalue weighted by Crippen LogP contribution is -2.32. The van der Waals surface area contributed by atoms with E-state index in [1.165, 1.54) is 25.2 Å². The molecule has 1 aromatic carbocycles. The van der Waals surface area contributed by atoms with Crippen molar-refractivity contribution in [2.24, 2.45) is 7.05 Å². The topological polar surface area (TPSA) is 87.1 Å². The van der Waals surface area contributed by atoms with Crippen molar-refractivity contribution < 1.29 is 5.11 Å². The highest BCUT2D eigenvalue weighted by Gasteiger charge is 2.00. The van der Waals surface area contributed by atoms with Gasteiger partial charge in [0.2, 0.25) is 0 Å². The normalized spacial score (nSPS) is 10.2. The van der Waals surface area contributed by atoms with Crippen molar-refractivity contribution >= 4 is 11.5 Å². The fraction of sp³-hybridized carbons (Fsp3) is 0.0909. The van der Waals surface area contributed by atoms with Crippen LogP contribution >= 0.6 is 0 Å². The van der Waals surface area contributed by atoms with Crippen LogP contribution in [0.15, 0.2) is 39.9 Å². The molecular weight excluding hydrogens is 222 g/mol. The Morgan fingerprint density at radius 1 is 1.24 bits per heavy atom. The van der Waals surface area contributed by atoms with Gasteiger partial charge in [-0.25, -0.2) is 4.79 Å². The summed E-state index contributed by atoms with van der Waals surface area (Å²) < 4.78 is 0.974. The molecule has 2 rings (SSSR count). The second-order valence-corrected chi connectivity index (χ2v) is 3.56. The molecule has 6 nitrogen and oxygen atoms in total. The Kier molecular flexibility index (Phi) is 2.70. The van der Waals surface area contributed by atoms with Crippen molar-refractivity contribution in [1.82, 2.24) is 9.55 Å². The molecule has 0 aliphatic heterocycles. The lowest BCUT2D eigenvalue weighted by molar-refractivity contribution is 0.475. The van der Waals surface area contributed by atoms with E-state index in [0.717, 1.165) is 4.57 Å². The molecule has 2 aromatic rings. The van der Waals surface area contributed by atoms with E-state index in [-0.39, 0.29) is 5.75 Å². The molecule has 1 aromatic heterocycles. The molecule has 17 heavy (non-hydrogen) atoms. The molecule has 0 radical (unpaired) electrons. The van der Waals surface area contributed by atoms with Crippen LogP contribution in [0.2, 0.25) is 0 Å². The van der Waals surface area contributed by atoms with Gasteiger partial charge in [-0.05, 0) is 24.3 Å². The number of nitrogens with one attached hydrogen (secondary N) is 2.